The smallest absolute Gasteiger partial charge is 0.244 e. The summed E-state index contributed by atoms with van der Waals surface area (Å²) in [6, 6.07) is 7.72. The van der Waals surface area contributed by atoms with Crippen LogP contribution in [-0.4, -0.2) is 18.5 Å². The highest BCUT2D eigenvalue weighted by atomic mass is 16.2. The van der Waals surface area contributed by atoms with Crippen LogP contribution in [-0.2, 0) is 11.2 Å². The number of amides is 1. The molecule has 1 atom stereocenters. The third-order valence-electron chi connectivity index (χ3n) is 3.83. The van der Waals surface area contributed by atoms with Gasteiger partial charge < -0.3 is 10.6 Å². The molecule has 0 saturated carbocycles. The Bertz CT molecular complexity index is 462. The van der Waals surface area contributed by atoms with Gasteiger partial charge in [0.25, 0.3) is 0 Å². The monoisotopic (exact) mass is 260 g/mol. The molecule has 19 heavy (non-hydrogen) atoms. The van der Waals surface area contributed by atoms with E-state index >= 15 is 0 Å². The van der Waals surface area contributed by atoms with Crippen molar-refractivity contribution in [3.63, 3.8) is 0 Å². The zero-order chi connectivity index (χ0) is 14.0. The number of carbonyl (C=O) groups is 1. The molecule has 104 valence electrons. The highest BCUT2D eigenvalue weighted by Crippen LogP contribution is 2.28. The fourth-order valence-corrected chi connectivity index (χ4v) is 2.46. The Morgan fingerprint density at radius 1 is 1.26 bits per heavy atom. The first-order chi connectivity index (χ1) is 8.91. The van der Waals surface area contributed by atoms with Crippen molar-refractivity contribution in [2.75, 3.05) is 11.4 Å². The molecule has 0 aromatic heterocycles. The zero-order valence-electron chi connectivity index (χ0n) is 12.1. The number of hydrogen-bond donors (Lipinski definition) is 1. The molecule has 0 saturated heterocycles. The van der Waals surface area contributed by atoms with Crippen LogP contribution in [0, 0.1) is 5.41 Å². The van der Waals surface area contributed by atoms with Gasteiger partial charge in [-0.15, -0.1) is 0 Å². The molecule has 3 heteroatoms. The molecule has 1 aromatic rings. The number of fused-ring (bicyclic) bond motifs is 1. The first-order valence-corrected chi connectivity index (χ1v) is 7.06. The van der Waals surface area contributed by atoms with Gasteiger partial charge in [0, 0.05) is 12.2 Å². The molecule has 1 aliphatic heterocycles. The van der Waals surface area contributed by atoms with Gasteiger partial charge in [0.2, 0.25) is 5.91 Å². The van der Waals surface area contributed by atoms with E-state index in [2.05, 4.69) is 6.07 Å². The van der Waals surface area contributed by atoms with Crippen LogP contribution in [0.1, 0.15) is 39.2 Å². The Morgan fingerprint density at radius 3 is 2.63 bits per heavy atom. The van der Waals surface area contributed by atoms with Gasteiger partial charge in [0.15, 0.2) is 0 Å². The number of nitrogens with zero attached hydrogens (tertiary/aromatic N) is 1. The summed E-state index contributed by atoms with van der Waals surface area (Å²) in [6.07, 6.45) is 3.22. The Hall–Kier alpha value is -1.35. The highest BCUT2D eigenvalue weighted by molar-refractivity contribution is 5.98. The first-order valence-electron chi connectivity index (χ1n) is 7.06. The number of para-hydroxylation sites is 1. The molecule has 0 radical (unpaired) electrons. The van der Waals surface area contributed by atoms with E-state index in [9.17, 15) is 4.79 Å². The minimum atomic E-state index is -0.460. The fraction of sp³-hybridized carbons (Fsp3) is 0.562. The molecular formula is C16H24N2O. The van der Waals surface area contributed by atoms with Crippen molar-refractivity contribution in [2.24, 2.45) is 11.1 Å². The summed E-state index contributed by atoms with van der Waals surface area (Å²) < 4.78 is 0. The van der Waals surface area contributed by atoms with Crippen LogP contribution in [0.25, 0.3) is 0 Å². The molecule has 0 aliphatic carbocycles. The molecule has 1 aromatic carbocycles. The number of carbonyl (C=O) groups excluding carboxylic acids is 1. The lowest BCUT2D eigenvalue weighted by atomic mass is 9.86. The molecule has 0 unspecified atom stereocenters. The molecular weight excluding hydrogens is 236 g/mol. The molecule has 3 nitrogen and oxygen atoms in total. The van der Waals surface area contributed by atoms with E-state index in [1.807, 2.05) is 43.9 Å². The van der Waals surface area contributed by atoms with Gasteiger partial charge in [-0.05, 0) is 36.3 Å². The van der Waals surface area contributed by atoms with Gasteiger partial charge in [0.05, 0.1) is 6.04 Å². The average Bonchev–Trinajstić information content (AvgIpc) is 2.58. The summed E-state index contributed by atoms with van der Waals surface area (Å²) >= 11 is 0. The van der Waals surface area contributed by atoms with E-state index in [-0.39, 0.29) is 11.3 Å². The number of aryl methyl sites for hydroxylation is 1. The van der Waals surface area contributed by atoms with Crippen LogP contribution >= 0.6 is 0 Å². The Labute approximate surface area is 115 Å². The minimum absolute atomic E-state index is 0.0434. The van der Waals surface area contributed by atoms with Gasteiger partial charge in [0.1, 0.15) is 0 Å². The second kappa shape index (κ2) is 5.33. The molecule has 0 bridgehead atoms. The topological polar surface area (TPSA) is 46.3 Å². The van der Waals surface area contributed by atoms with Crippen molar-refractivity contribution in [1.29, 1.82) is 0 Å². The molecule has 1 aliphatic rings. The quantitative estimate of drug-likeness (QED) is 0.844. The number of rotatable bonds is 1. The second-order valence-corrected chi connectivity index (χ2v) is 6.42. The average molecular weight is 260 g/mol. The van der Waals surface area contributed by atoms with Crippen molar-refractivity contribution in [2.45, 2.75) is 46.1 Å². The Balaban J connectivity index is 2.32. The third kappa shape index (κ3) is 2.98. The molecule has 1 heterocycles. The van der Waals surface area contributed by atoms with E-state index in [0.717, 1.165) is 31.5 Å². The maximum atomic E-state index is 12.7. The fourth-order valence-electron chi connectivity index (χ4n) is 2.46. The van der Waals surface area contributed by atoms with Crippen LogP contribution in [0.5, 0.6) is 0 Å². The van der Waals surface area contributed by atoms with E-state index in [1.54, 1.807) is 0 Å². The molecule has 0 spiro atoms. The van der Waals surface area contributed by atoms with Crippen molar-refractivity contribution in [3.8, 4) is 0 Å². The molecule has 0 fully saturated rings. The highest BCUT2D eigenvalue weighted by Gasteiger charge is 2.32. The van der Waals surface area contributed by atoms with Gasteiger partial charge in [-0.1, -0.05) is 39.0 Å². The third-order valence-corrected chi connectivity index (χ3v) is 3.83. The van der Waals surface area contributed by atoms with Crippen molar-refractivity contribution in [3.05, 3.63) is 29.8 Å². The second-order valence-electron chi connectivity index (χ2n) is 6.42. The lowest BCUT2D eigenvalue weighted by molar-refractivity contribution is -0.121. The van der Waals surface area contributed by atoms with Crippen LogP contribution < -0.4 is 10.6 Å². The lowest BCUT2D eigenvalue weighted by Gasteiger charge is -2.32. The number of hydrogen-bond acceptors (Lipinski definition) is 2. The van der Waals surface area contributed by atoms with Gasteiger partial charge in [-0.3, -0.25) is 4.79 Å². The summed E-state index contributed by atoms with van der Waals surface area (Å²) in [4.78, 5) is 14.5. The van der Waals surface area contributed by atoms with Crippen LogP contribution in [0.15, 0.2) is 24.3 Å². The van der Waals surface area contributed by atoms with Gasteiger partial charge >= 0.3 is 0 Å². The maximum absolute atomic E-state index is 12.7. The Morgan fingerprint density at radius 2 is 1.95 bits per heavy atom. The van der Waals surface area contributed by atoms with E-state index in [0.29, 0.717) is 0 Å². The summed E-state index contributed by atoms with van der Waals surface area (Å²) in [5.41, 5.74) is 8.24. The maximum Gasteiger partial charge on any atom is 0.244 e. The lowest BCUT2D eigenvalue weighted by Crippen LogP contribution is -2.50. The van der Waals surface area contributed by atoms with Crippen molar-refractivity contribution < 1.29 is 4.79 Å². The number of nitrogens with two attached hydrogens (primary N) is 1. The molecule has 1 amide bonds. The number of benzene rings is 1. The Kier molecular flexibility index (Phi) is 3.95. The summed E-state index contributed by atoms with van der Waals surface area (Å²) in [5, 5.41) is 0. The zero-order valence-corrected chi connectivity index (χ0v) is 12.1. The van der Waals surface area contributed by atoms with Crippen LogP contribution in [0.3, 0.4) is 0 Å². The molecule has 2 rings (SSSR count). The predicted octanol–water partition coefficient (Wildman–Crippen LogP) is 2.73. The summed E-state index contributed by atoms with van der Waals surface area (Å²) in [6.45, 7) is 6.82. The largest absolute Gasteiger partial charge is 0.319 e. The summed E-state index contributed by atoms with van der Waals surface area (Å²) in [5.74, 6) is 0.0434. The first kappa shape index (κ1) is 14.1. The van der Waals surface area contributed by atoms with Crippen LogP contribution in [0.2, 0.25) is 0 Å². The van der Waals surface area contributed by atoms with Crippen molar-refractivity contribution in [1.82, 2.24) is 0 Å². The van der Waals surface area contributed by atoms with Crippen molar-refractivity contribution >= 4 is 11.6 Å². The molecule has 2 N–H and O–H groups in total. The van der Waals surface area contributed by atoms with E-state index < -0.39 is 6.04 Å². The van der Waals surface area contributed by atoms with Crippen LogP contribution in [0.4, 0.5) is 5.69 Å². The predicted molar refractivity (Wildman–Crippen MR) is 79.2 cm³/mol. The summed E-state index contributed by atoms with van der Waals surface area (Å²) in [7, 11) is 0. The van der Waals surface area contributed by atoms with Gasteiger partial charge in [-0.2, -0.15) is 0 Å². The number of anilines is 1. The standard InChI is InChI=1S/C16H24N2O/c1-16(2,3)14(17)15(19)18-11-7-6-9-12-8-4-5-10-13(12)18/h4-5,8,10,14H,6-7,9,11,17H2,1-3H3/t14-/m0/s1. The normalized spacial score (nSPS) is 17.6. The SMILES string of the molecule is CC(C)(C)[C@@H](N)C(=O)N1CCCCc2ccccc21. The van der Waals surface area contributed by atoms with E-state index in [4.69, 9.17) is 5.73 Å². The van der Waals surface area contributed by atoms with E-state index in [1.165, 1.54) is 5.56 Å². The van der Waals surface area contributed by atoms with Gasteiger partial charge in [-0.25, -0.2) is 0 Å². The minimum Gasteiger partial charge on any atom is -0.319 e.